The van der Waals surface area contributed by atoms with Crippen molar-refractivity contribution in [2.75, 3.05) is 7.11 Å². The van der Waals surface area contributed by atoms with Gasteiger partial charge in [-0.2, -0.15) is 0 Å². The normalized spacial score (nSPS) is 23.6. The molecule has 0 saturated heterocycles. The Bertz CT molecular complexity index is 2150. The Hall–Kier alpha value is -7.30. The molecule has 3 aromatic rings. The fourth-order valence-electron chi connectivity index (χ4n) is 7.36. The number of benzene rings is 3. The molecule has 0 radical (unpaired) electrons. The van der Waals surface area contributed by atoms with Gasteiger partial charge in [0, 0.05) is 0 Å². The summed E-state index contributed by atoms with van der Waals surface area (Å²) < 4.78 is 10.3. The third kappa shape index (κ3) is 13.4. The predicted molar refractivity (Wildman–Crippen MR) is 239 cm³/mol. The van der Waals surface area contributed by atoms with Gasteiger partial charge in [-0.3, -0.25) is 28.8 Å². The van der Waals surface area contributed by atoms with Crippen LogP contribution in [0.4, 0.5) is 4.79 Å². The Morgan fingerprint density at radius 2 is 1.08 bits per heavy atom. The number of amides is 7. The lowest BCUT2D eigenvalue weighted by Crippen LogP contribution is -2.60. The van der Waals surface area contributed by atoms with Gasteiger partial charge in [-0.1, -0.05) is 115 Å². The van der Waals surface area contributed by atoms with Gasteiger partial charge in [0.15, 0.2) is 0 Å². The standard InChI is InChI=1S/C48H57N7O10/c1-30-40(57)50-34-25-17-18-28-37(45(62)64-5)52-44(61)38(53-43(60)35(51-42(34)59)26-15-16-27-36(41(58)49-30)54-46(63)65-47(2,3)4)29-39(56)55-48(31-19-9-6-10-20-31,32-21-11-7-12-22-32)33-23-13-8-14-24-33/h6-24,30,34-38H,25-29H2,1-5H3,(H,49,58)(H,50,57)(H,51,59)(H,52,61)(H,53,60)(H,54,63)(H,55,56)/b16-15+,18-17+/t30-,34-,35-,36-,37-,38-/m0/s1. The quantitative estimate of drug-likeness (QED) is 0.0992. The molecule has 0 unspecified atom stereocenters. The van der Waals surface area contributed by atoms with Gasteiger partial charge in [0.2, 0.25) is 35.4 Å². The number of hydrogen-bond donors (Lipinski definition) is 7. The summed E-state index contributed by atoms with van der Waals surface area (Å²) in [6.07, 6.45) is 3.99. The number of alkyl carbamates (subject to hydrolysis) is 1. The first-order valence-corrected chi connectivity index (χ1v) is 21.4. The molecule has 3 aromatic carbocycles. The molecule has 2 bridgehead atoms. The molecule has 65 heavy (non-hydrogen) atoms. The number of fused-ring (bicyclic) bond motifs is 3. The van der Waals surface area contributed by atoms with E-state index in [0.717, 1.165) is 7.11 Å². The van der Waals surface area contributed by atoms with Gasteiger partial charge in [-0.25, -0.2) is 9.59 Å². The summed E-state index contributed by atoms with van der Waals surface area (Å²) in [5.74, 6) is -5.48. The van der Waals surface area contributed by atoms with E-state index in [4.69, 9.17) is 9.47 Å². The Morgan fingerprint density at radius 1 is 0.600 bits per heavy atom. The molecule has 7 N–H and O–H groups in total. The van der Waals surface area contributed by atoms with Crippen LogP contribution in [0.15, 0.2) is 115 Å². The molecule has 7 amide bonds. The summed E-state index contributed by atoms with van der Waals surface area (Å²) in [5.41, 5.74) is -0.0497. The Labute approximate surface area is 377 Å². The van der Waals surface area contributed by atoms with Crippen LogP contribution in [0, 0.1) is 0 Å². The number of ether oxygens (including phenoxy) is 2. The van der Waals surface area contributed by atoms with Crippen molar-refractivity contribution in [3.8, 4) is 0 Å². The van der Waals surface area contributed by atoms with Crippen molar-refractivity contribution in [3.63, 3.8) is 0 Å². The maximum atomic E-state index is 14.6. The van der Waals surface area contributed by atoms with Crippen molar-refractivity contribution in [1.29, 1.82) is 0 Å². The monoisotopic (exact) mass is 891 g/mol. The van der Waals surface area contributed by atoms with E-state index in [0.29, 0.717) is 16.7 Å². The van der Waals surface area contributed by atoms with Gasteiger partial charge in [-0.05, 0) is 70.1 Å². The van der Waals surface area contributed by atoms with Gasteiger partial charge in [0.25, 0.3) is 0 Å². The van der Waals surface area contributed by atoms with E-state index in [9.17, 15) is 38.4 Å². The highest BCUT2D eigenvalue weighted by atomic mass is 16.6. The van der Waals surface area contributed by atoms with Crippen molar-refractivity contribution in [2.45, 2.75) is 107 Å². The van der Waals surface area contributed by atoms with Crippen molar-refractivity contribution in [3.05, 3.63) is 132 Å². The van der Waals surface area contributed by atoms with Gasteiger partial charge in [0.05, 0.1) is 13.5 Å². The molecular weight excluding hydrogens is 835 g/mol. The van der Waals surface area contributed by atoms with E-state index in [-0.39, 0.29) is 25.7 Å². The minimum atomic E-state index is -1.61. The van der Waals surface area contributed by atoms with Crippen molar-refractivity contribution < 1.29 is 47.8 Å². The zero-order valence-corrected chi connectivity index (χ0v) is 37.1. The molecule has 2 aliphatic heterocycles. The number of nitrogens with one attached hydrogen (secondary N) is 7. The first-order valence-electron chi connectivity index (χ1n) is 21.4. The van der Waals surface area contributed by atoms with Crippen molar-refractivity contribution >= 4 is 47.5 Å². The summed E-state index contributed by atoms with van der Waals surface area (Å²) in [5, 5.41) is 18.8. The second kappa shape index (κ2) is 22.4. The zero-order valence-electron chi connectivity index (χ0n) is 37.1. The number of carbonyl (C=O) groups is 8. The maximum absolute atomic E-state index is 14.6. The lowest BCUT2D eigenvalue weighted by atomic mass is 9.77. The van der Waals surface area contributed by atoms with Crippen LogP contribution in [-0.4, -0.2) is 96.5 Å². The summed E-state index contributed by atoms with van der Waals surface area (Å²) in [6.45, 7) is 6.37. The lowest BCUT2D eigenvalue weighted by Gasteiger charge is -2.37. The smallest absolute Gasteiger partial charge is 0.408 e. The molecule has 0 fully saturated rings. The number of methoxy groups -OCH3 is 1. The van der Waals surface area contributed by atoms with Crippen LogP contribution in [0.3, 0.4) is 0 Å². The van der Waals surface area contributed by atoms with Crippen LogP contribution in [0.5, 0.6) is 0 Å². The maximum Gasteiger partial charge on any atom is 0.408 e. The van der Waals surface area contributed by atoms with E-state index in [2.05, 4.69) is 37.2 Å². The Kier molecular flexibility index (Phi) is 16.8. The molecule has 0 aromatic heterocycles. The highest BCUT2D eigenvalue weighted by Crippen LogP contribution is 2.37. The molecule has 17 heteroatoms. The topological polar surface area (TPSA) is 239 Å². The predicted octanol–water partition coefficient (Wildman–Crippen LogP) is 2.70. The minimum absolute atomic E-state index is 0.110. The first-order chi connectivity index (χ1) is 31.0. The van der Waals surface area contributed by atoms with Crippen LogP contribution in [-0.2, 0) is 48.6 Å². The Morgan fingerprint density at radius 3 is 1.58 bits per heavy atom. The molecule has 0 aliphatic carbocycles. The molecule has 344 valence electrons. The molecule has 17 nitrogen and oxygen atoms in total. The average Bonchev–Trinajstić information content (AvgIpc) is 3.28. The fourth-order valence-corrected chi connectivity index (χ4v) is 7.36. The SMILES string of the molecule is COC(=O)[C@@H]1C/C=C/C[C@@H]2NC(=O)[C@H](C)NC(=O)[C@@H](NC(=O)OC(C)(C)C)C/C=C/C[C@H](NC2=O)C(=O)N[C@@H](CC(=O)NC(c2ccccc2)(c2ccccc2)c2ccccc2)C(=O)N1. The van der Waals surface area contributed by atoms with Crippen LogP contribution in [0.25, 0.3) is 0 Å². The second-order valence-corrected chi connectivity index (χ2v) is 16.7. The third-order valence-electron chi connectivity index (χ3n) is 10.6. The molecule has 5 rings (SSSR count). The van der Waals surface area contributed by atoms with Gasteiger partial charge >= 0.3 is 12.1 Å². The van der Waals surface area contributed by atoms with Crippen molar-refractivity contribution in [2.24, 2.45) is 0 Å². The number of hydrogen-bond acceptors (Lipinski definition) is 10. The van der Waals surface area contributed by atoms with E-state index >= 15 is 0 Å². The third-order valence-corrected chi connectivity index (χ3v) is 10.6. The van der Waals surface area contributed by atoms with E-state index in [1.54, 1.807) is 20.8 Å². The van der Waals surface area contributed by atoms with Gasteiger partial charge < -0.3 is 46.7 Å². The first kappa shape index (κ1) is 48.7. The highest BCUT2D eigenvalue weighted by Gasteiger charge is 2.40. The van der Waals surface area contributed by atoms with Crippen LogP contribution < -0.4 is 37.2 Å². The number of carbonyl (C=O) groups excluding carboxylic acids is 8. The number of esters is 1. The Balaban J connectivity index is 1.53. The van der Waals surface area contributed by atoms with E-state index in [1.165, 1.54) is 31.2 Å². The van der Waals surface area contributed by atoms with E-state index < -0.39 is 101 Å². The molecule has 2 heterocycles. The van der Waals surface area contributed by atoms with Crippen LogP contribution in [0.2, 0.25) is 0 Å². The summed E-state index contributed by atoms with van der Waals surface area (Å²) in [7, 11) is 1.14. The van der Waals surface area contributed by atoms with E-state index in [1.807, 2.05) is 91.0 Å². The molecule has 6 atom stereocenters. The fraction of sp³-hybridized carbons (Fsp3) is 0.375. The summed E-state index contributed by atoms with van der Waals surface area (Å²) in [4.78, 5) is 110. The van der Waals surface area contributed by atoms with Crippen molar-refractivity contribution in [1.82, 2.24) is 37.2 Å². The minimum Gasteiger partial charge on any atom is -0.467 e. The lowest BCUT2D eigenvalue weighted by molar-refractivity contribution is -0.145. The molecule has 0 spiro atoms. The second-order valence-electron chi connectivity index (χ2n) is 16.7. The van der Waals surface area contributed by atoms with Gasteiger partial charge in [0.1, 0.15) is 47.4 Å². The average molecular weight is 892 g/mol. The van der Waals surface area contributed by atoms with Crippen LogP contribution >= 0.6 is 0 Å². The van der Waals surface area contributed by atoms with Gasteiger partial charge in [-0.15, -0.1) is 0 Å². The molecular formula is C48H57N7O10. The number of rotatable bonds is 8. The summed E-state index contributed by atoms with van der Waals surface area (Å²) >= 11 is 0. The van der Waals surface area contributed by atoms with Crippen LogP contribution in [0.1, 0.15) is 76.5 Å². The zero-order chi connectivity index (χ0) is 47.1. The highest BCUT2D eigenvalue weighted by molar-refractivity contribution is 5.98. The molecule has 0 saturated carbocycles. The molecule has 2 aliphatic rings. The largest absolute Gasteiger partial charge is 0.467 e. The summed E-state index contributed by atoms with van der Waals surface area (Å²) in [6, 6.07) is 19.8.